The molecule has 1 aromatic heterocycles. The van der Waals surface area contributed by atoms with E-state index in [9.17, 15) is 8.78 Å². The summed E-state index contributed by atoms with van der Waals surface area (Å²) < 4.78 is 28.8. The Morgan fingerprint density at radius 1 is 1.19 bits per heavy atom. The van der Waals surface area contributed by atoms with Crippen LogP contribution in [0.2, 0.25) is 5.02 Å². The fourth-order valence-electron chi connectivity index (χ4n) is 2.52. The molecule has 1 N–H and O–H groups in total. The van der Waals surface area contributed by atoms with Crippen LogP contribution >= 0.6 is 11.6 Å². The molecule has 0 radical (unpaired) electrons. The van der Waals surface area contributed by atoms with E-state index in [0.717, 1.165) is 27.9 Å². The van der Waals surface area contributed by atoms with E-state index < -0.39 is 6.61 Å². The molecule has 0 bridgehead atoms. The lowest BCUT2D eigenvalue weighted by atomic mass is 10.1. The number of benzene rings is 2. The molecule has 0 aliphatic heterocycles. The van der Waals surface area contributed by atoms with E-state index in [2.05, 4.69) is 20.2 Å². The molecule has 0 unspecified atom stereocenters. The number of hydrazone groups is 1. The number of nitrogens with one attached hydrogen (secondary N) is 1. The lowest BCUT2D eigenvalue weighted by Gasteiger charge is -2.09. The second-order valence-electron chi connectivity index (χ2n) is 5.45. The first-order valence-electron chi connectivity index (χ1n) is 7.99. The molecule has 134 valence electrons. The quantitative estimate of drug-likeness (QED) is 0.443. The Morgan fingerprint density at radius 2 is 1.96 bits per heavy atom. The fourth-order valence-corrected chi connectivity index (χ4v) is 2.69. The largest absolute Gasteiger partial charge is 0.435 e. The minimum Gasteiger partial charge on any atom is -0.435 e. The van der Waals surface area contributed by atoms with Gasteiger partial charge in [0.2, 0.25) is 0 Å². The van der Waals surface area contributed by atoms with Crippen molar-refractivity contribution in [2.24, 2.45) is 5.10 Å². The van der Waals surface area contributed by atoms with Crippen molar-refractivity contribution in [2.45, 2.75) is 20.0 Å². The van der Waals surface area contributed by atoms with Crippen LogP contribution in [0.3, 0.4) is 0 Å². The van der Waals surface area contributed by atoms with Crippen LogP contribution in [0, 0.1) is 0 Å². The van der Waals surface area contributed by atoms with Crippen molar-refractivity contribution in [1.82, 2.24) is 4.98 Å². The van der Waals surface area contributed by atoms with Crippen LogP contribution in [0.5, 0.6) is 5.75 Å². The van der Waals surface area contributed by atoms with Crippen molar-refractivity contribution in [3.63, 3.8) is 0 Å². The lowest BCUT2D eigenvalue weighted by Crippen LogP contribution is -2.05. The van der Waals surface area contributed by atoms with Gasteiger partial charge in [-0.05, 0) is 60.5 Å². The minimum absolute atomic E-state index is 0.115. The highest BCUT2D eigenvalue weighted by Crippen LogP contribution is 2.24. The number of pyridine rings is 1. The second-order valence-corrected chi connectivity index (χ2v) is 5.88. The lowest BCUT2D eigenvalue weighted by molar-refractivity contribution is -0.0498. The topological polar surface area (TPSA) is 46.5 Å². The maximum atomic E-state index is 12.2. The van der Waals surface area contributed by atoms with Crippen LogP contribution in [0.25, 0.3) is 10.9 Å². The molecule has 26 heavy (non-hydrogen) atoms. The Kier molecular flexibility index (Phi) is 5.63. The van der Waals surface area contributed by atoms with Crippen LogP contribution in [-0.2, 0) is 0 Å². The zero-order valence-electron chi connectivity index (χ0n) is 13.9. The molecule has 4 nitrogen and oxygen atoms in total. The van der Waals surface area contributed by atoms with E-state index in [4.69, 9.17) is 11.6 Å². The number of hydrogen-bond acceptors (Lipinski definition) is 4. The van der Waals surface area contributed by atoms with Gasteiger partial charge in [-0.2, -0.15) is 13.9 Å². The predicted molar refractivity (Wildman–Crippen MR) is 100 cm³/mol. The first kappa shape index (κ1) is 18.1. The molecular weight excluding hydrogens is 360 g/mol. The predicted octanol–water partition coefficient (Wildman–Crippen LogP) is 5.72. The molecular formula is C19H16ClF2N3O. The van der Waals surface area contributed by atoms with Gasteiger partial charge in [0.15, 0.2) is 0 Å². The Hall–Kier alpha value is -2.73. The van der Waals surface area contributed by atoms with Gasteiger partial charge in [-0.15, -0.1) is 0 Å². The third-order valence-electron chi connectivity index (χ3n) is 3.76. The molecule has 7 heteroatoms. The van der Waals surface area contributed by atoms with Gasteiger partial charge in [0.25, 0.3) is 0 Å². The van der Waals surface area contributed by atoms with Crippen LogP contribution in [0.15, 0.2) is 59.8 Å². The summed E-state index contributed by atoms with van der Waals surface area (Å²) in [7, 11) is 0. The summed E-state index contributed by atoms with van der Waals surface area (Å²) in [6.45, 7) is -0.871. The Morgan fingerprint density at radius 3 is 2.65 bits per heavy atom. The van der Waals surface area contributed by atoms with Gasteiger partial charge >= 0.3 is 6.61 Å². The molecule has 3 rings (SSSR count). The molecule has 1 heterocycles. The van der Waals surface area contributed by atoms with E-state index in [-0.39, 0.29) is 5.75 Å². The van der Waals surface area contributed by atoms with Crippen molar-refractivity contribution >= 4 is 33.9 Å². The number of halogens is 3. The fraction of sp³-hybridized carbons (Fsp3) is 0.158. The van der Waals surface area contributed by atoms with Crippen molar-refractivity contribution in [2.75, 3.05) is 5.43 Å². The molecule has 0 atom stereocenters. The van der Waals surface area contributed by atoms with Gasteiger partial charge in [0.1, 0.15) is 5.75 Å². The third kappa shape index (κ3) is 4.26. The summed E-state index contributed by atoms with van der Waals surface area (Å²) in [5.74, 6) is 0.115. The van der Waals surface area contributed by atoms with Crippen LogP contribution < -0.4 is 10.2 Å². The van der Waals surface area contributed by atoms with Gasteiger partial charge in [0.05, 0.1) is 16.9 Å². The summed E-state index contributed by atoms with van der Waals surface area (Å²) in [6.07, 6.45) is 2.34. The Balaban J connectivity index is 1.84. The monoisotopic (exact) mass is 375 g/mol. The van der Waals surface area contributed by atoms with Gasteiger partial charge in [0, 0.05) is 16.6 Å². The van der Waals surface area contributed by atoms with Crippen molar-refractivity contribution < 1.29 is 13.5 Å². The number of rotatable bonds is 6. The molecule has 0 amide bonds. The highest BCUT2D eigenvalue weighted by molar-refractivity contribution is 6.31. The number of aromatic nitrogens is 1. The number of nitrogens with zero attached hydrogens (tertiary/aromatic N) is 2. The smallest absolute Gasteiger partial charge is 0.387 e. The normalized spacial score (nSPS) is 11.8. The minimum atomic E-state index is -2.84. The molecule has 0 saturated carbocycles. The summed E-state index contributed by atoms with van der Waals surface area (Å²) in [5.41, 5.74) is 6.23. The number of alkyl halides is 2. The van der Waals surface area contributed by atoms with Crippen molar-refractivity contribution in [3.05, 3.63) is 65.3 Å². The Bertz CT molecular complexity index is 930. The van der Waals surface area contributed by atoms with E-state index in [1.807, 2.05) is 19.1 Å². The van der Waals surface area contributed by atoms with Crippen LogP contribution in [0.1, 0.15) is 18.9 Å². The maximum Gasteiger partial charge on any atom is 0.387 e. The standard InChI is InChI=1S/C19H16ClF2N3O/c1-2-16(12-3-6-14(7-4-12)26-19(21)22)24-25-17-9-10-23-18-11-13(20)5-8-15(17)18/h3-11,19H,2H2,1H3,(H,23,25)/b24-16-. The number of hydrogen-bond donors (Lipinski definition) is 1. The Labute approximate surface area is 154 Å². The molecule has 0 aliphatic carbocycles. The zero-order valence-corrected chi connectivity index (χ0v) is 14.7. The molecule has 3 aromatic rings. The van der Waals surface area contributed by atoms with Crippen molar-refractivity contribution in [1.29, 1.82) is 0 Å². The third-order valence-corrected chi connectivity index (χ3v) is 4.00. The first-order chi connectivity index (χ1) is 12.6. The number of ether oxygens (including phenoxy) is 1. The first-order valence-corrected chi connectivity index (χ1v) is 8.36. The van der Waals surface area contributed by atoms with Crippen molar-refractivity contribution in [3.8, 4) is 5.75 Å². The highest BCUT2D eigenvalue weighted by Gasteiger charge is 2.07. The van der Waals surface area contributed by atoms with E-state index in [0.29, 0.717) is 11.4 Å². The van der Waals surface area contributed by atoms with E-state index in [1.165, 1.54) is 12.1 Å². The van der Waals surface area contributed by atoms with Gasteiger partial charge in [-0.25, -0.2) is 0 Å². The number of fused-ring (bicyclic) bond motifs is 1. The van der Waals surface area contributed by atoms with Crippen LogP contribution in [-0.4, -0.2) is 17.3 Å². The second kappa shape index (κ2) is 8.10. The average Bonchev–Trinajstić information content (AvgIpc) is 2.62. The average molecular weight is 376 g/mol. The molecule has 0 fully saturated rings. The van der Waals surface area contributed by atoms with E-state index in [1.54, 1.807) is 30.5 Å². The van der Waals surface area contributed by atoms with Crippen LogP contribution in [0.4, 0.5) is 14.5 Å². The van der Waals surface area contributed by atoms with E-state index >= 15 is 0 Å². The summed E-state index contributed by atoms with van der Waals surface area (Å²) in [6, 6.07) is 13.7. The number of anilines is 1. The summed E-state index contributed by atoms with van der Waals surface area (Å²) >= 11 is 6.00. The zero-order chi connectivity index (χ0) is 18.5. The molecule has 0 spiro atoms. The SMILES string of the molecule is CC/C(=N/Nc1ccnc2cc(Cl)ccc12)c1ccc(OC(F)F)cc1. The van der Waals surface area contributed by atoms with Gasteiger partial charge in [-0.1, -0.05) is 18.5 Å². The van der Waals surface area contributed by atoms with Gasteiger partial charge in [-0.3, -0.25) is 10.4 Å². The highest BCUT2D eigenvalue weighted by atomic mass is 35.5. The summed E-state index contributed by atoms with van der Waals surface area (Å²) in [4.78, 5) is 4.29. The van der Waals surface area contributed by atoms with Gasteiger partial charge < -0.3 is 4.74 Å². The molecule has 0 saturated heterocycles. The molecule has 2 aromatic carbocycles. The maximum absolute atomic E-state index is 12.2. The summed E-state index contributed by atoms with van der Waals surface area (Å²) in [5, 5.41) is 5.98. The molecule has 0 aliphatic rings.